The first-order valence-electron chi connectivity index (χ1n) is 11.2. The molecule has 2 atom stereocenters. The lowest BCUT2D eigenvalue weighted by atomic mass is 9.86. The molecule has 1 aromatic heterocycles. The van der Waals surface area contributed by atoms with Crippen molar-refractivity contribution in [1.82, 2.24) is 9.88 Å². The van der Waals surface area contributed by atoms with Gasteiger partial charge in [0.1, 0.15) is 11.6 Å². The van der Waals surface area contributed by atoms with Crippen LogP contribution in [0.2, 0.25) is 0 Å². The Bertz CT molecular complexity index is 1200. The summed E-state index contributed by atoms with van der Waals surface area (Å²) in [7, 11) is 0. The highest BCUT2D eigenvalue weighted by atomic mass is 79.9. The normalized spacial score (nSPS) is 19.0. The van der Waals surface area contributed by atoms with Crippen molar-refractivity contribution in [3.63, 3.8) is 0 Å². The number of fused-ring (bicyclic) bond motifs is 1. The Hall–Kier alpha value is -2.84. The van der Waals surface area contributed by atoms with E-state index in [1.54, 1.807) is 6.08 Å². The number of para-hydroxylation sites is 1. The third kappa shape index (κ3) is 4.66. The topological polar surface area (TPSA) is 57.8 Å². The number of amides is 1. The van der Waals surface area contributed by atoms with E-state index in [1.807, 2.05) is 24.3 Å². The zero-order chi connectivity index (χ0) is 22.7. The van der Waals surface area contributed by atoms with Crippen LogP contribution in [0.3, 0.4) is 0 Å². The molecule has 1 heterocycles. The molecular weight excluding hydrogens is 462 g/mol. The van der Waals surface area contributed by atoms with Gasteiger partial charge in [-0.3, -0.25) is 4.79 Å². The molecule has 32 heavy (non-hydrogen) atoms. The van der Waals surface area contributed by atoms with Gasteiger partial charge in [-0.2, -0.15) is 5.26 Å². The van der Waals surface area contributed by atoms with Crippen LogP contribution in [0.25, 0.3) is 17.0 Å². The van der Waals surface area contributed by atoms with Crippen LogP contribution in [0.4, 0.5) is 0 Å². The van der Waals surface area contributed by atoms with Crippen molar-refractivity contribution < 1.29 is 4.79 Å². The maximum absolute atomic E-state index is 13.0. The maximum Gasteiger partial charge on any atom is 0.262 e. The van der Waals surface area contributed by atoms with Gasteiger partial charge in [0.05, 0.1) is 0 Å². The van der Waals surface area contributed by atoms with Crippen molar-refractivity contribution in [2.75, 3.05) is 0 Å². The summed E-state index contributed by atoms with van der Waals surface area (Å²) in [4.78, 5) is 13.0. The zero-order valence-corrected chi connectivity index (χ0v) is 20.2. The third-order valence-corrected chi connectivity index (χ3v) is 7.14. The first-order chi connectivity index (χ1) is 15.5. The lowest BCUT2D eigenvalue weighted by Gasteiger charge is -2.29. The molecule has 0 aliphatic heterocycles. The molecule has 4 rings (SSSR count). The zero-order valence-electron chi connectivity index (χ0n) is 18.6. The van der Waals surface area contributed by atoms with Crippen LogP contribution in [-0.2, 0) is 11.3 Å². The highest BCUT2D eigenvalue weighted by molar-refractivity contribution is 9.10. The van der Waals surface area contributed by atoms with Crippen LogP contribution in [-0.4, -0.2) is 16.5 Å². The second-order valence-electron chi connectivity index (χ2n) is 8.74. The Labute approximate surface area is 198 Å². The number of rotatable bonds is 5. The highest BCUT2D eigenvalue weighted by Gasteiger charge is 2.24. The molecule has 1 aliphatic rings. The first-order valence-corrected chi connectivity index (χ1v) is 12.0. The molecule has 1 aliphatic carbocycles. The van der Waals surface area contributed by atoms with Gasteiger partial charge >= 0.3 is 0 Å². The molecule has 5 heteroatoms. The van der Waals surface area contributed by atoms with E-state index in [2.05, 4.69) is 70.0 Å². The summed E-state index contributed by atoms with van der Waals surface area (Å²) < 4.78 is 3.30. The smallest absolute Gasteiger partial charge is 0.262 e. The van der Waals surface area contributed by atoms with Gasteiger partial charge in [0.25, 0.3) is 5.91 Å². The number of carbonyl (C=O) groups excluding carboxylic acids is 1. The van der Waals surface area contributed by atoms with Crippen molar-refractivity contribution in [3.8, 4) is 6.07 Å². The summed E-state index contributed by atoms with van der Waals surface area (Å²) in [5, 5.41) is 14.0. The number of carbonyl (C=O) groups is 1. The Kier molecular flexibility index (Phi) is 6.81. The van der Waals surface area contributed by atoms with E-state index in [0.717, 1.165) is 52.4 Å². The molecule has 1 fully saturated rings. The minimum atomic E-state index is -0.268. The molecule has 0 radical (unpaired) electrons. The fourth-order valence-electron chi connectivity index (χ4n) is 4.69. The summed E-state index contributed by atoms with van der Waals surface area (Å²) in [6.45, 7) is 4.96. The molecule has 0 spiro atoms. The van der Waals surface area contributed by atoms with Crippen LogP contribution in [0.15, 0.2) is 58.6 Å². The van der Waals surface area contributed by atoms with Gasteiger partial charge in [0.15, 0.2) is 0 Å². The number of nitriles is 1. The Morgan fingerprint density at radius 2 is 1.91 bits per heavy atom. The predicted molar refractivity (Wildman–Crippen MR) is 133 cm³/mol. The molecule has 3 aromatic rings. The molecule has 1 amide bonds. The van der Waals surface area contributed by atoms with E-state index in [4.69, 9.17) is 0 Å². The van der Waals surface area contributed by atoms with Crippen molar-refractivity contribution in [2.24, 2.45) is 5.92 Å². The van der Waals surface area contributed by atoms with Gasteiger partial charge in [0, 0.05) is 39.2 Å². The SMILES string of the molecule is Cc1c(/C=C(\C#N)C(=O)N[C@@H]2CCCC[C@H]2C)c2ccccc2n1Cc1ccc(Br)cc1. The number of nitrogens with one attached hydrogen (secondary N) is 1. The summed E-state index contributed by atoms with van der Waals surface area (Å²) in [5.41, 5.74) is 4.43. The molecule has 1 N–H and O–H groups in total. The van der Waals surface area contributed by atoms with Gasteiger partial charge in [-0.25, -0.2) is 0 Å². The lowest BCUT2D eigenvalue weighted by molar-refractivity contribution is -0.118. The fourth-order valence-corrected chi connectivity index (χ4v) is 4.95. The Balaban J connectivity index is 1.69. The van der Waals surface area contributed by atoms with Crippen LogP contribution < -0.4 is 5.32 Å². The lowest BCUT2D eigenvalue weighted by Crippen LogP contribution is -2.41. The summed E-state index contributed by atoms with van der Waals surface area (Å²) in [6, 6.07) is 18.8. The average Bonchev–Trinajstić information content (AvgIpc) is 3.06. The summed E-state index contributed by atoms with van der Waals surface area (Å²) in [5.74, 6) is 0.178. The standard InChI is InChI=1S/C27H28BrN3O/c1-18-7-3-5-9-25(18)30-27(32)21(16-29)15-24-19(2)31(26-10-6-4-8-23(24)26)17-20-11-13-22(28)14-12-20/h4,6,8,10-15,18,25H,3,5,7,9,17H2,1-2H3,(H,30,32)/b21-15+/t18-,25-/m1/s1. The van der Waals surface area contributed by atoms with Crippen LogP contribution in [0.5, 0.6) is 0 Å². The van der Waals surface area contributed by atoms with E-state index < -0.39 is 0 Å². The number of hydrogen-bond acceptors (Lipinski definition) is 2. The van der Waals surface area contributed by atoms with E-state index in [-0.39, 0.29) is 17.5 Å². The second-order valence-corrected chi connectivity index (χ2v) is 9.66. The van der Waals surface area contributed by atoms with Crippen molar-refractivity contribution in [2.45, 2.75) is 52.1 Å². The first kappa shape index (κ1) is 22.4. The van der Waals surface area contributed by atoms with E-state index >= 15 is 0 Å². The molecule has 4 nitrogen and oxygen atoms in total. The van der Waals surface area contributed by atoms with E-state index in [0.29, 0.717) is 5.92 Å². The Morgan fingerprint density at radius 3 is 2.62 bits per heavy atom. The molecule has 1 saturated carbocycles. The van der Waals surface area contributed by atoms with E-state index in [9.17, 15) is 10.1 Å². The molecule has 164 valence electrons. The monoisotopic (exact) mass is 489 g/mol. The summed E-state index contributed by atoms with van der Waals surface area (Å²) in [6.07, 6.45) is 6.21. The maximum atomic E-state index is 13.0. The average molecular weight is 490 g/mol. The fraction of sp³-hybridized carbons (Fsp3) is 0.333. The largest absolute Gasteiger partial charge is 0.348 e. The van der Waals surface area contributed by atoms with Gasteiger partial charge in [-0.1, -0.05) is 66.0 Å². The molecular formula is C27H28BrN3O. The number of benzene rings is 2. The molecule has 0 bridgehead atoms. The van der Waals surface area contributed by atoms with Crippen LogP contribution in [0, 0.1) is 24.2 Å². The van der Waals surface area contributed by atoms with Crippen molar-refractivity contribution in [3.05, 3.63) is 75.4 Å². The van der Waals surface area contributed by atoms with Crippen LogP contribution in [0.1, 0.15) is 49.4 Å². The van der Waals surface area contributed by atoms with Gasteiger partial charge < -0.3 is 9.88 Å². The third-order valence-electron chi connectivity index (χ3n) is 6.62. The van der Waals surface area contributed by atoms with Crippen LogP contribution >= 0.6 is 15.9 Å². The number of hydrogen-bond donors (Lipinski definition) is 1. The Morgan fingerprint density at radius 1 is 1.19 bits per heavy atom. The van der Waals surface area contributed by atoms with E-state index in [1.165, 1.54) is 12.0 Å². The predicted octanol–water partition coefficient (Wildman–Crippen LogP) is 6.36. The van der Waals surface area contributed by atoms with Crippen molar-refractivity contribution in [1.29, 1.82) is 5.26 Å². The van der Waals surface area contributed by atoms with Gasteiger partial charge in [-0.05, 0) is 55.5 Å². The van der Waals surface area contributed by atoms with Gasteiger partial charge in [-0.15, -0.1) is 0 Å². The second kappa shape index (κ2) is 9.75. The minimum Gasteiger partial charge on any atom is -0.348 e. The minimum absolute atomic E-state index is 0.146. The quantitative estimate of drug-likeness (QED) is 0.334. The molecule has 0 saturated heterocycles. The van der Waals surface area contributed by atoms with Crippen molar-refractivity contribution >= 4 is 38.8 Å². The van der Waals surface area contributed by atoms with Gasteiger partial charge in [0.2, 0.25) is 0 Å². The highest BCUT2D eigenvalue weighted by Crippen LogP contribution is 2.29. The summed E-state index contributed by atoms with van der Waals surface area (Å²) >= 11 is 3.49. The number of halogens is 1. The molecule has 0 unspecified atom stereocenters. The number of nitrogens with zero attached hydrogens (tertiary/aromatic N) is 2. The molecule has 2 aromatic carbocycles. The number of aromatic nitrogens is 1.